The number of unbranched alkanes of at least 4 members (excludes halogenated alkanes) is 1. The third-order valence-electron chi connectivity index (χ3n) is 1.02. The summed E-state index contributed by atoms with van der Waals surface area (Å²) in [5, 5.41) is 15.6. The summed E-state index contributed by atoms with van der Waals surface area (Å²) in [5.74, 6) is -0.620. The number of phosphoric acid groups is 1. The largest absolute Gasteiger partial charge is 0.481 e. The highest BCUT2D eigenvalue weighted by Gasteiger charge is 2.11. The molecule has 0 aliphatic carbocycles. The van der Waals surface area contributed by atoms with Crippen LogP contribution in [-0.4, -0.2) is 26.6 Å². The summed E-state index contributed by atoms with van der Waals surface area (Å²) in [5.41, 5.74) is 0. The van der Waals surface area contributed by atoms with Gasteiger partial charge in [-0.3, -0.25) is 4.52 Å². The summed E-state index contributed by atoms with van der Waals surface area (Å²) >= 11 is 0. The van der Waals surface area contributed by atoms with Crippen molar-refractivity contribution < 1.29 is 29.1 Å². The average molecular weight is 228 g/mol. The van der Waals surface area contributed by atoms with Crippen LogP contribution in [0.4, 0.5) is 0 Å². The van der Waals surface area contributed by atoms with E-state index in [9.17, 15) is 4.57 Å². The molecule has 0 atom stereocenters. The van der Waals surface area contributed by atoms with Gasteiger partial charge in [0.1, 0.15) is 0 Å². The Hall–Kier alpha value is -0.550. The van der Waals surface area contributed by atoms with E-state index in [0.29, 0.717) is 6.42 Å². The first kappa shape index (κ1) is 15.9. The Morgan fingerprint density at radius 1 is 1.43 bits per heavy atom. The number of aliphatic hydroxyl groups excluding tert-OH is 1. The van der Waals surface area contributed by atoms with Crippen molar-refractivity contribution in [2.75, 3.05) is 6.61 Å². The van der Waals surface area contributed by atoms with E-state index in [1.165, 1.54) is 13.0 Å². The van der Waals surface area contributed by atoms with Crippen LogP contribution in [0.25, 0.3) is 0 Å². The Kier molecular flexibility index (Phi) is 10.2. The van der Waals surface area contributed by atoms with Gasteiger partial charge in [0.2, 0.25) is 0 Å². The van der Waals surface area contributed by atoms with E-state index in [-0.39, 0.29) is 6.61 Å². The van der Waals surface area contributed by atoms with Crippen molar-refractivity contribution in [3.8, 4) is 0 Å². The maximum absolute atomic E-state index is 9.98. The fraction of sp³-hybridized carbons (Fsp3) is 0.714. The predicted octanol–water partition coefficient (Wildman–Crippen LogP) is 1.86. The van der Waals surface area contributed by atoms with Gasteiger partial charge in [0, 0.05) is 0 Å². The van der Waals surface area contributed by atoms with Crippen molar-refractivity contribution in [3.05, 3.63) is 12.0 Å². The van der Waals surface area contributed by atoms with Gasteiger partial charge in [-0.25, -0.2) is 4.57 Å². The molecule has 0 amide bonds. The number of rotatable bonds is 4. The van der Waals surface area contributed by atoms with E-state index in [1.807, 2.05) is 6.92 Å². The second-order valence-corrected chi connectivity index (χ2v) is 3.56. The summed E-state index contributed by atoms with van der Waals surface area (Å²) in [6, 6.07) is 0. The van der Waals surface area contributed by atoms with Gasteiger partial charge in [-0.2, -0.15) is 0 Å². The van der Waals surface area contributed by atoms with Crippen molar-refractivity contribution in [1.82, 2.24) is 0 Å². The van der Waals surface area contributed by atoms with Crippen molar-refractivity contribution in [2.24, 2.45) is 0 Å². The zero-order valence-corrected chi connectivity index (χ0v) is 9.15. The quantitative estimate of drug-likeness (QED) is 0.332. The Balaban J connectivity index is 0. The Bertz CT molecular complexity index is 192. The summed E-state index contributed by atoms with van der Waals surface area (Å²) in [4.78, 5) is 16.3. The predicted molar refractivity (Wildman–Crippen MR) is 51.9 cm³/mol. The minimum atomic E-state index is -4.20. The van der Waals surface area contributed by atoms with Crippen LogP contribution >= 0.6 is 7.82 Å². The number of phosphoric ester groups is 1. The van der Waals surface area contributed by atoms with Crippen LogP contribution in [0.2, 0.25) is 0 Å². The molecule has 14 heavy (non-hydrogen) atoms. The molecule has 6 nitrogen and oxygen atoms in total. The number of hydrogen-bond acceptors (Lipinski definition) is 4. The molecule has 0 aromatic carbocycles. The van der Waals surface area contributed by atoms with Crippen LogP contribution in [0.5, 0.6) is 0 Å². The molecule has 0 saturated heterocycles. The molecule has 0 aliphatic heterocycles. The lowest BCUT2D eigenvalue weighted by molar-refractivity contribution is 0.190. The first-order valence-corrected chi connectivity index (χ1v) is 5.60. The summed E-state index contributed by atoms with van der Waals surface area (Å²) < 4.78 is 14.1. The van der Waals surface area contributed by atoms with Gasteiger partial charge < -0.3 is 20.0 Å². The van der Waals surface area contributed by atoms with Crippen LogP contribution < -0.4 is 0 Å². The topological polar surface area (TPSA) is 107 Å². The second kappa shape index (κ2) is 9.02. The van der Waals surface area contributed by atoms with Gasteiger partial charge in [-0.1, -0.05) is 13.3 Å². The Labute approximate surface area is 83.1 Å². The van der Waals surface area contributed by atoms with E-state index < -0.39 is 13.8 Å². The summed E-state index contributed by atoms with van der Waals surface area (Å²) in [6.45, 7) is 3.60. The third kappa shape index (κ3) is 22.5. The van der Waals surface area contributed by atoms with Crippen LogP contribution in [0.15, 0.2) is 12.0 Å². The minimum absolute atomic E-state index is 0.140. The third-order valence-corrected chi connectivity index (χ3v) is 1.53. The highest BCUT2D eigenvalue weighted by molar-refractivity contribution is 7.46. The van der Waals surface area contributed by atoms with Crippen LogP contribution in [0.1, 0.15) is 26.7 Å². The fourth-order valence-electron chi connectivity index (χ4n) is 0.328. The van der Waals surface area contributed by atoms with Gasteiger partial charge in [-0.05, 0) is 19.4 Å². The van der Waals surface area contributed by atoms with E-state index in [1.54, 1.807) is 0 Å². The first-order chi connectivity index (χ1) is 6.33. The molecule has 0 spiro atoms. The molecule has 0 aromatic rings. The second-order valence-electron chi connectivity index (χ2n) is 2.32. The van der Waals surface area contributed by atoms with Crippen molar-refractivity contribution in [3.63, 3.8) is 0 Å². The van der Waals surface area contributed by atoms with Gasteiger partial charge >= 0.3 is 7.82 Å². The minimum Gasteiger partial charge on any atom is -0.481 e. The molecule has 0 saturated carbocycles. The zero-order chi connectivity index (χ0) is 11.6. The van der Waals surface area contributed by atoms with Crippen molar-refractivity contribution >= 4 is 7.82 Å². The van der Waals surface area contributed by atoms with Gasteiger partial charge in [0.25, 0.3) is 5.95 Å². The highest BCUT2D eigenvalue weighted by Crippen LogP contribution is 2.35. The normalized spacial score (nSPS) is 10.0. The molecule has 0 unspecified atom stereocenters. The SMILES string of the molecule is CC=C(O)O.CCCCOP(=O)(O)O. The molecule has 86 valence electrons. The molecule has 0 bridgehead atoms. The van der Waals surface area contributed by atoms with Gasteiger partial charge in [0.15, 0.2) is 0 Å². The molecular weight excluding hydrogens is 211 g/mol. The molecule has 0 radical (unpaired) electrons. The fourth-order valence-corrected chi connectivity index (χ4v) is 0.695. The van der Waals surface area contributed by atoms with E-state index in [4.69, 9.17) is 20.0 Å². The Morgan fingerprint density at radius 3 is 2.07 bits per heavy atom. The monoisotopic (exact) mass is 228 g/mol. The molecule has 0 aliphatic rings. The van der Waals surface area contributed by atoms with Crippen LogP contribution in [0.3, 0.4) is 0 Å². The lowest BCUT2D eigenvalue weighted by Crippen LogP contribution is -1.90. The smallest absolute Gasteiger partial charge is 0.469 e. The highest BCUT2D eigenvalue weighted by atomic mass is 31.2. The maximum Gasteiger partial charge on any atom is 0.469 e. The van der Waals surface area contributed by atoms with E-state index in [2.05, 4.69) is 4.52 Å². The molecule has 0 aromatic heterocycles. The molecule has 0 fully saturated rings. The molecule has 0 heterocycles. The summed E-state index contributed by atoms with van der Waals surface area (Å²) in [7, 11) is -4.20. The average Bonchev–Trinajstić information content (AvgIpc) is 2.04. The lowest BCUT2D eigenvalue weighted by Gasteiger charge is -2.02. The number of allylic oxidation sites excluding steroid dienone is 1. The standard InChI is InChI=1S/C4H11O4P.C3H6O2/c1-2-3-4-8-9(5,6)7;1-2-3(4)5/h2-4H2,1H3,(H2,5,6,7);2,4-5H,1H3. The zero-order valence-electron chi connectivity index (χ0n) is 8.25. The molecule has 7 heteroatoms. The van der Waals surface area contributed by atoms with Crippen molar-refractivity contribution in [1.29, 1.82) is 0 Å². The van der Waals surface area contributed by atoms with Crippen LogP contribution in [0, 0.1) is 0 Å². The number of aliphatic hydroxyl groups is 2. The number of hydrogen-bond donors (Lipinski definition) is 4. The van der Waals surface area contributed by atoms with Gasteiger partial charge in [0.05, 0.1) is 6.61 Å². The van der Waals surface area contributed by atoms with E-state index >= 15 is 0 Å². The molecular formula is C7H17O6P. The molecule has 0 rings (SSSR count). The molecule has 4 N–H and O–H groups in total. The Morgan fingerprint density at radius 2 is 1.86 bits per heavy atom. The van der Waals surface area contributed by atoms with Gasteiger partial charge in [-0.15, -0.1) is 0 Å². The van der Waals surface area contributed by atoms with E-state index in [0.717, 1.165) is 6.42 Å². The van der Waals surface area contributed by atoms with Crippen molar-refractivity contribution in [2.45, 2.75) is 26.7 Å². The van der Waals surface area contributed by atoms with Crippen LogP contribution in [-0.2, 0) is 9.09 Å². The lowest BCUT2D eigenvalue weighted by atomic mass is 10.4. The summed E-state index contributed by atoms with van der Waals surface area (Å²) in [6.07, 6.45) is 2.76. The first-order valence-electron chi connectivity index (χ1n) is 4.07. The maximum atomic E-state index is 9.98.